The lowest BCUT2D eigenvalue weighted by atomic mass is 10.2. The van der Waals surface area contributed by atoms with E-state index >= 15 is 0 Å². The summed E-state index contributed by atoms with van der Waals surface area (Å²) in [6, 6.07) is 10.0. The van der Waals surface area contributed by atoms with Crippen LogP contribution < -0.4 is 10.6 Å². The van der Waals surface area contributed by atoms with Gasteiger partial charge >= 0.3 is 0 Å². The zero-order chi connectivity index (χ0) is 22.5. The lowest BCUT2D eigenvalue weighted by Gasteiger charge is -2.14. The van der Waals surface area contributed by atoms with Gasteiger partial charge in [-0.15, -0.1) is 10.2 Å². The Morgan fingerprint density at radius 3 is 2.61 bits per heavy atom. The number of benzene rings is 2. The van der Waals surface area contributed by atoms with Gasteiger partial charge in [-0.25, -0.2) is 4.39 Å². The zero-order valence-electron chi connectivity index (χ0n) is 16.5. The van der Waals surface area contributed by atoms with Crippen LogP contribution in [0.5, 0.6) is 0 Å². The Morgan fingerprint density at radius 1 is 1.16 bits per heavy atom. The summed E-state index contributed by atoms with van der Waals surface area (Å²) in [5, 5.41) is 14.8. The molecule has 0 radical (unpaired) electrons. The van der Waals surface area contributed by atoms with Gasteiger partial charge in [0.25, 0.3) is 5.91 Å². The predicted octanol–water partition coefficient (Wildman–Crippen LogP) is 4.48. The summed E-state index contributed by atoms with van der Waals surface area (Å²) in [6.45, 7) is 1.72. The fourth-order valence-electron chi connectivity index (χ4n) is 2.71. The van der Waals surface area contributed by atoms with Crippen LogP contribution >= 0.6 is 35.0 Å². The van der Waals surface area contributed by atoms with Crippen LogP contribution in [0.15, 0.2) is 47.6 Å². The van der Waals surface area contributed by atoms with Crippen LogP contribution in [-0.4, -0.2) is 32.3 Å². The highest BCUT2D eigenvalue weighted by atomic mass is 35.5. The molecule has 11 heteroatoms. The first-order valence-electron chi connectivity index (χ1n) is 9.08. The SMILES string of the molecule is CC(NC(=O)c1ccccc1F)c1nnc(SCC(=O)Nc2ccc(Cl)c(Cl)c2)n1C. The summed E-state index contributed by atoms with van der Waals surface area (Å²) in [4.78, 5) is 24.5. The summed E-state index contributed by atoms with van der Waals surface area (Å²) in [5.74, 6) is -0.855. The van der Waals surface area contributed by atoms with Crippen LogP contribution in [0.1, 0.15) is 29.1 Å². The highest BCUT2D eigenvalue weighted by Crippen LogP contribution is 2.25. The van der Waals surface area contributed by atoms with Crippen molar-refractivity contribution < 1.29 is 14.0 Å². The molecule has 1 unspecified atom stereocenters. The number of nitrogens with zero attached hydrogens (tertiary/aromatic N) is 3. The minimum Gasteiger partial charge on any atom is -0.342 e. The van der Waals surface area contributed by atoms with Crippen molar-refractivity contribution in [3.8, 4) is 0 Å². The molecule has 2 aromatic carbocycles. The van der Waals surface area contributed by atoms with Crippen LogP contribution in [0.25, 0.3) is 0 Å². The third kappa shape index (κ3) is 5.75. The van der Waals surface area contributed by atoms with E-state index < -0.39 is 17.8 Å². The van der Waals surface area contributed by atoms with E-state index in [9.17, 15) is 14.0 Å². The largest absolute Gasteiger partial charge is 0.342 e. The van der Waals surface area contributed by atoms with Crippen molar-refractivity contribution in [1.82, 2.24) is 20.1 Å². The lowest BCUT2D eigenvalue weighted by Crippen LogP contribution is -2.29. The van der Waals surface area contributed by atoms with E-state index in [1.165, 1.54) is 30.0 Å². The maximum Gasteiger partial charge on any atom is 0.254 e. The van der Waals surface area contributed by atoms with Gasteiger partial charge in [0, 0.05) is 12.7 Å². The second-order valence-corrected chi connectivity index (χ2v) is 8.30. The van der Waals surface area contributed by atoms with Crippen molar-refractivity contribution >= 4 is 52.5 Å². The van der Waals surface area contributed by atoms with Crippen LogP contribution in [0.2, 0.25) is 10.0 Å². The molecule has 2 amide bonds. The molecule has 0 aliphatic carbocycles. The molecule has 0 fully saturated rings. The average Bonchev–Trinajstić information content (AvgIpc) is 3.10. The molecule has 0 aliphatic rings. The first-order chi connectivity index (χ1) is 14.8. The lowest BCUT2D eigenvalue weighted by molar-refractivity contribution is -0.113. The van der Waals surface area contributed by atoms with Crippen LogP contribution in [-0.2, 0) is 11.8 Å². The molecule has 0 aliphatic heterocycles. The van der Waals surface area contributed by atoms with Crippen molar-refractivity contribution in [2.45, 2.75) is 18.1 Å². The standard InChI is InChI=1S/C20H18Cl2FN5O2S/c1-11(24-19(30)13-5-3-4-6-16(13)23)18-26-27-20(28(18)2)31-10-17(29)25-12-7-8-14(21)15(22)9-12/h3-9,11H,10H2,1-2H3,(H,24,30)(H,25,29). The number of hydrogen-bond acceptors (Lipinski definition) is 5. The zero-order valence-corrected chi connectivity index (χ0v) is 18.9. The maximum absolute atomic E-state index is 13.8. The molecule has 7 nitrogen and oxygen atoms in total. The van der Waals surface area contributed by atoms with Crippen molar-refractivity contribution in [3.63, 3.8) is 0 Å². The number of thioether (sulfide) groups is 1. The van der Waals surface area contributed by atoms with Gasteiger partial charge in [-0.2, -0.15) is 0 Å². The van der Waals surface area contributed by atoms with E-state index in [1.807, 2.05) is 0 Å². The highest BCUT2D eigenvalue weighted by molar-refractivity contribution is 7.99. The quantitative estimate of drug-likeness (QED) is 0.485. The molecule has 0 spiro atoms. The number of anilines is 1. The van der Waals surface area contributed by atoms with Crippen LogP contribution in [0, 0.1) is 5.82 Å². The number of hydrogen-bond donors (Lipinski definition) is 2. The number of carbonyl (C=O) groups excluding carboxylic acids is 2. The van der Waals surface area contributed by atoms with Crippen molar-refractivity contribution in [3.05, 3.63) is 69.7 Å². The van der Waals surface area contributed by atoms with Crippen LogP contribution in [0.4, 0.5) is 10.1 Å². The third-order valence-electron chi connectivity index (χ3n) is 4.26. The number of amides is 2. The number of aromatic nitrogens is 3. The average molecular weight is 482 g/mol. The molecule has 3 aromatic rings. The molecular weight excluding hydrogens is 464 g/mol. The van der Waals surface area contributed by atoms with Gasteiger partial charge in [-0.3, -0.25) is 9.59 Å². The highest BCUT2D eigenvalue weighted by Gasteiger charge is 2.20. The molecule has 2 N–H and O–H groups in total. The second kappa shape index (κ2) is 10.1. The van der Waals surface area contributed by atoms with Crippen molar-refractivity contribution in [2.24, 2.45) is 7.05 Å². The fraction of sp³-hybridized carbons (Fsp3) is 0.200. The Hall–Kier alpha value is -2.62. The fourth-order valence-corrected chi connectivity index (χ4v) is 3.73. The minimum absolute atomic E-state index is 0.0508. The Bertz CT molecular complexity index is 1120. The van der Waals surface area contributed by atoms with Gasteiger partial charge in [0.15, 0.2) is 11.0 Å². The third-order valence-corrected chi connectivity index (χ3v) is 6.02. The Morgan fingerprint density at radius 2 is 1.90 bits per heavy atom. The van der Waals surface area contributed by atoms with Gasteiger partial charge < -0.3 is 15.2 Å². The first kappa shape index (κ1) is 23.1. The van der Waals surface area contributed by atoms with Crippen molar-refractivity contribution in [1.29, 1.82) is 0 Å². The summed E-state index contributed by atoms with van der Waals surface area (Å²) < 4.78 is 15.5. The smallest absolute Gasteiger partial charge is 0.254 e. The predicted molar refractivity (Wildman–Crippen MR) is 119 cm³/mol. The molecule has 0 saturated carbocycles. The van der Waals surface area contributed by atoms with E-state index in [4.69, 9.17) is 23.2 Å². The number of rotatable bonds is 7. The van der Waals surface area contributed by atoms with Gasteiger partial charge in [-0.05, 0) is 37.3 Å². The van der Waals surface area contributed by atoms with Crippen LogP contribution in [0.3, 0.4) is 0 Å². The van der Waals surface area contributed by atoms with E-state index in [0.717, 1.165) is 0 Å². The second-order valence-electron chi connectivity index (χ2n) is 6.54. The monoisotopic (exact) mass is 481 g/mol. The number of nitrogens with one attached hydrogen (secondary N) is 2. The Labute approximate surface area is 192 Å². The number of halogens is 3. The number of carbonyl (C=O) groups is 2. The van der Waals surface area contributed by atoms with E-state index in [1.54, 1.807) is 42.8 Å². The van der Waals surface area contributed by atoms with Gasteiger partial charge in [0.1, 0.15) is 5.82 Å². The van der Waals surface area contributed by atoms with Gasteiger partial charge in [0.2, 0.25) is 5.91 Å². The Balaban J connectivity index is 1.59. The van der Waals surface area contributed by atoms with Gasteiger partial charge in [-0.1, -0.05) is 47.1 Å². The van der Waals surface area contributed by atoms with E-state index in [0.29, 0.717) is 26.7 Å². The Kier molecular flexibility index (Phi) is 7.53. The maximum atomic E-state index is 13.8. The molecule has 1 heterocycles. The summed E-state index contributed by atoms with van der Waals surface area (Å²) in [6.07, 6.45) is 0. The summed E-state index contributed by atoms with van der Waals surface area (Å²) in [5.41, 5.74) is 0.480. The van der Waals surface area contributed by atoms with E-state index in [2.05, 4.69) is 20.8 Å². The summed E-state index contributed by atoms with van der Waals surface area (Å²) in [7, 11) is 1.72. The topological polar surface area (TPSA) is 88.9 Å². The molecule has 31 heavy (non-hydrogen) atoms. The van der Waals surface area contributed by atoms with E-state index in [-0.39, 0.29) is 17.2 Å². The molecular formula is C20H18Cl2FN5O2S. The molecule has 3 rings (SSSR count). The molecule has 162 valence electrons. The summed E-state index contributed by atoms with van der Waals surface area (Å²) >= 11 is 13.0. The van der Waals surface area contributed by atoms with Gasteiger partial charge in [0.05, 0.1) is 27.4 Å². The molecule has 1 atom stereocenters. The normalized spacial score (nSPS) is 11.8. The minimum atomic E-state index is -0.602. The molecule has 1 aromatic heterocycles. The molecule has 0 bridgehead atoms. The molecule has 0 saturated heterocycles. The van der Waals surface area contributed by atoms with Crippen molar-refractivity contribution in [2.75, 3.05) is 11.1 Å². The first-order valence-corrected chi connectivity index (χ1v) is 10.8.